The zero-order valence-electron chi connectivity index (χ0n) is 6.80. The molecule has 0 radical (unpaired) electrons. The van der Waals surface area contributed by atoms with E-state index in [0.717, 1.165) is 13.2 Å². The van der Waals surface area contributed by atoms with Gasteiger partial charge >= 0.3 is 5.97 Å². The maximum absolute atomic E-state index is 9.60. The van der Waals surface area contributed by atoms with E-state index < -0.39 is 5.97 Å². The summed E-state index contributed by atoms with van der Waals surface area (Å²) in [6.07, 6.45) is 0. The first-order valence-electron chi connectivity index (χ1n) is 3.11. The summed E-state index contributed by atoms with van der Waals surface area (Å²) in [5.74, 6) is -0.935. The van der Waals surface area contributed by atoms with E-state index in [4.69, 9.17) is 5.11 Å². The molecule has 1 aliphatic rings. The Hall–Kier alpha value is -1.09. The molecule has 0 bridgehead atoms. The highest BCUT2D eigenvalue weighted by atomic mass is 16.6. The van der Waals surface area contributed by atoms with Gasteiger partial charge in [-0.2, -0.15) is 0 Å². The zero-order chi connectivity index (χ0) is 9.28. The predicted molar refractivity (Wildman–Crippen MR) is 44.5 cm³/mol. The third-order valence-electron chi connectivity index (χ3n) is 0.569. The molecule has 1 heterocycles. The van der Waals surface area contributed by atoms with Crippen LogP contribution in [0.2, 0.25) is 0 Å². The van der Waals surface area contributed by atoms with E-state index in [1.807, 2.05) is 0 Å². The quantitative estimate of drug-likeness (QED) is 0.357. The van der Waals surface area contributed by atoms with E-state index in [9.17, 15) is 4.79 Å². The molecule has 0 unspecified atom stereocenters. The topological polar surface area (TPSA) is 49.8 Å². The average molecular weight is 158 g/mol. The van der Waals surface area contributed by atoms with Gasteiger partial charge in [-0.3, -0.25) is 0 Å². The van der Waals surface area contributed by atoms with Crippen LogP contribution in [0.5, 0.6) is 0 Å². The van der Waals surface area contributed by atoms with Gasteiger partial charge in [0.25, 0.3) is 0 Å². The Balaban J connectivity index is 0. The summed E-state index contributed by atoms with van der Waals surface area (Å²) in [6, 6.07) is 0. The molecule has 0 aliphatic carbocycles. The van der Waals surface area contributed by atoms with E-state index in [-0.39, 0.29) is 5.57 Å². The van der Waals surface area contributed by atoms with Crippen LogP contribution in [0.25, 0.3) is 0 Å². The fraction of sp³-hybridized carbons (Fsp3) is 0.375. The smallest absolute Gasteiger partial charge is 0.330 e. The minimum absolute atomic E-state index is 0.176. The second-order valence-electron chi connectivity index (χ2n) is 1.70. The molecule has 1 aliphatic heterocycles. The van der Waals surface area contributed by atoms with E-state index >= 15 is 0 Å². The SMILES string of the molecule is C1CO1.C=C.C=C(C)C(=O)O. The third-order valence-corrected chi connectivity index (χ3v) is 0.569. The molecule has 11 heavy (non-hydrogen) atoms. The second-order valence-corrected chi connectivity index (χ2v) is 1.70. The molecule has 1 fully saturated rings. The number of carboxylic acids is 1. The number of epoxide rings is 1. The summed E-state index contributed by atoms with van der Waals surface area (Å²) in [6.45, 7) is 12.6. The van der Waals surface area contributed by atoms with Gasteiger partial charge < -0.3 is 9.84 Å². The van der Waals surface area contributed by atoms with Gasteiger partial charge in [0.2, 0.25) is 0 Å². The van der Waals surface area contributed by atoms with Crippen LogP contribution in [0.4, 0.5) is 0 Å². The molecule has 0 aromatic carbocycles. The molecule has 0 atom stereocenters. The highest BCUT2D eigenvalue weighted by Gasteiger charge is 1.94. The Bertz CT molecular complexity index is 113. The Morgan fingerprint density at radius 2 is 1.64 bits per heavy atom. The van der Waals surface area contributed by atoms with E-state index in [1.165, 1.54) is 6.92 Å². The summed E-state index contributed by atoms with van der Waals surface area (Å²) in [7, 11) is 0. The van der Waals surface area contributed by atoms with Crippen LogP contribution < -0.4 is 0 Å². The maximum Gasteiger partial charge on any atom is 0.330 e. The van der Waals surface area contributed by atoms with Gasteiger partial charge in [-0.15, -0.1) is 13.2 Å². The summed E-state index contributed by atoms with van der Waals surface area (Å²) in [4.78, 5) is 9.60. The monoisotopic (exact) mass is 158 g/mol. The molecular formula is C8H14O3. The number of ether oxygens (including phenoxy) is 1. The molecule has 1 rings (SSSR count). The van der Waals surface area contributed by atoms with Crippen LogP contribution in [-0.4, -0.2) is 24.3 Å². The second kappa shape index (κ2) is 8.91. The molecule has 3 heteroatoms. The van der Waals surface area contributed by atoms with Crippen molar-refractivity contribution in [2.75, 3.05) is 13.2 Å². The minimum atomic E-state index is -0.935. The summed E-state index contributed by atoms with van der Waals surface area (Å²) in [5, 5.41) is 7.89. The Morgan fingerprint density at radius 3 is 1.64 bits per heavy atom. The number of aliphatic carboxylic acids is 1. The number of carboxylic acid groups (broad SMARTS) is 1. The highest BCUT2D eigenvalue weighted by Crippen LogP contribution is 1.84. The first-order chi connectivity index (χ1) is 5.14. The molecule has 0 amide bonds. The van der Waals surface area contributed by atoms with E-state index in [0.29, 0.717) is 0 Å². The molecule has 0 spiro atoms. The molecular weight excluding hydrogens is 144 g/mol. The van der Waals surface area contributed by atoms with E-state index in [2.05, 4.69) is 24.5 Å². The lowest BCUT2D eigenvalue weighted by Gasteiger charge is -1.79. The van der Waals surface area contributed by atoms with Crippen LogP contribution in [0.15, 0.2) is 25.3 Å². The van der Waals surface area contributed by atoms with Crippen LogP contribution in [0.1, 0.15) is 6.92 Å². The molecule has 3 nitrogen and oxygen atoms in total. The Labute approximate surface area is 67.0 Å². The number of rotatable bonds is 1. The Morgan fingerprint density at radius 1 is 1.45 bits per heavy atom. The minimum Gasteiger partial charge on any atom is -0.478 e. The van der Waals surface area contributed by atoms with Gasteiger partial charge in [-0.25, -0.2) is 4.79 Å². The standard InChI is InChI=1S/C4H6O2.C2H4O.C2H4/c1-3(2)4(5)6;1-2-3-1;1-2/h1H2,2H3,(H,5,6);1-2H2;1-2H2. The van der Waals surface area contributed by atoms with Crippen LogP contribution in [0.3, 0.4) is 0 Å². The van der Waals surface area contributed by atoms with Crippen molar-refractivity contribution in [3.63, 3.8) is 0 Å². The summed E-state index contributed by atoms with van der Waals surface area (Å²) in [5.41, 5.74) is 0.176. The van der Waals surface area contributed by atoms with Crippen molar-refractivity contribution in [2.45, 2.75) is 6.92 Å². The molecule has 64 valence electrons. The van der Waals surface area contributed by atoms with Crippen molar-refractivity contribution in [3.05, 3.63) is 25.3 Å². The fourth-order valence-corrected chi connectivity index (χ4v) is 0. The lowest BCUT2D eigenvalue weighted by Crippen LogP contribution is -1.92. The molecule has 1 N–H and O–H groups in total. The van der Waals surface area contributed by atoms with Crippen molar-refractivity contribution in [1.29, 1.82) is 0 Å². The van der Waals surface area contributed by atoms with Crippen molar-refractivity contribution >= 4 is 5.97 Å². The Kier molecular flexibility index (Phi) is 10.2. The van der Waals surface area contributed by atoms with Gasteiger partial charge in [-0.1, -0.05) is 6.58 Å². The van der Waals surface area contributed by atoms with Crippen molar-refractivity contribution in [1.82, 2.24) is 0 Å². The van der Waals surface area contributed by atoms with Crippen molar-refractivity contribution < 1.29 is 14.6 Å². The molecule has 1 saturated heterocycles. The number of hydrogen-bond acceptors (Lipinski definition) is 2. The highest BCUT2D eigenvalue weighted by molar-refractivity contribution is 5.84. The largest absolute Gasteiger partial charge is 0.478 e. The first kappa shape index (κ1) is 12.6. The van der Waals surface area contributed by atoms with Crippen molar-refractivity contribution in [3.8, 4) is 0 Å². The molecule has 0 aromatic rings. The fourth-order valence-electron chi connectivity index (χ4n) is 0. The van der Waals surface area contributed by atoms with Crippen LogP contribution in [0, 0.1) is 0 Å². The van der Waals surface area contributed by atoms with Crippen molar-refractivity contribution in [2.24, 2.45) is 0 Å². The van der Waals surface area contributed by atoms with Gasteiger partial charge in [0.05, 0.1) is 13.2 Å². The first-order valence-corrected chi connectivity index (χ1v) is 3.11. The lowest BCUT2D eigenvalue weighted by molar-refractivity contribution is -0.132. The summed E-state index contributed by atoms with van der Waals surface area (Å²) < 4.78 is 4.50. The van der Waals surface area contributed by atoms with Crippen LogP contribution >= 0.6 is 0 Å². The van der Waals surface area contributed by atoms with E-state index in [1.54, 1.807) is 0 Å². The molecule has 0 saturated carbocycles. The summed E-state index contributed by atoms with van der Waals surface area (Å²) >= 11 is 0. The zero-order valence-corrected chi connectivity index (χ0v) is 6.80. The normalized spacial score (nSPS) is 11.0. The van der Waals surface area contributed by atoms with Gasteiger partial charge in [-0.05, 0) is 6.92 Å². The predicted octanol–water partition coefficient (Wildman–Crippen LogP) is 1.47. The average Bonchev–Trinajstić information content (AvgIpc) is 2.76. The number of carbonyl (C=O) groups is 1. The van der Waals surface area contributed by atoms with Gasteiger partial charge in [0.15, 0.2) is 0 Å². The lowest BCUT2D eigenvalue weighted by atomic mass is 10.4. The maximum atomic E-state index is 9.60. The number of hydrogen-bond donors (Lipinski definition) is 1. The van der Waals surface area contributed by atoms with Gasteiger partial charge in [0, 0.05) is 5.57 Å². The van der Waals surface area contributed by atoms with Crippen LogP contribution in [-0.2, 0) is 9.53 Å². The third kappa shape index (κ3) is 27.8. The molecule has 0 aromatic heterocycles. The van der Waals surface area contributed by atoms with Gasteiger partial charge in [0.1, 0.15) is 0 Å².